The zero-order valence-corrected chi connectivity index (χ0v) is 12.5. The van der Waals surface area contributed by atoms with Crippen molar-refractivity contribution in [1.29, 1.82) is 0 Å². The lowest BCUT2D eigenvalue weighted by atomic mass is 9.86. The summed E-state index contributed by atoms with van der Waals surface area (Å²) < 4.78 is 7.17. The quantitative estimate of drug-likeness (QED) is 0.938. The van der Waals surface area contributed by atoms with Crippen LogP contribution in [0, 0.1) is 0 Å². The fourth-order valence-electron chi connectivity index (χ4n) is 3.16. The zero-order chi connectivity index (χ0) is 14.7. The summed E-state index contributed by atoms with van der Waals surface area (Å²) in [7, 11) is 1.67. The molecule has 1 aliphatic carbocycles. The number of nitrogens with zero attached hydrogens (tertiary/aromatic N) is 3. The third-order valence-electron chi connectivity index (χ3n) is 4.28. The lowest BCUT2D eigenvalue weighted by molar-refractivity contribution is 0.414. The van der Waals surface area contributed by atoms with Crippen LogP contribution in [0.25, 0.3) is 5.69 Å². The Balaban J connectivity index is 1.98. The summed E-state index contributed by atoms with van der Waals surface area (Å²) in [5.41, 5.74) is 9.00. The Morgan fingerprint density at radius 1 is 1.19 bits per heavy atom. The van der Waals surface area contributed by atoms with Gasteiger partial charge in [-0.15, -0.1) is 5.10 Å². The van der Waals surface area contributed by atoms with E-state index in [4.69, 9.17) is 10.5 Å². The maximum Gasteiger partial charge on any atom is 0.119 e. The van der Waals surface area contributed by atoms with Gasteiger partial charge in [-0.25, -0.2) is 4.68 Å². The lowest BCUT2D eigenvalue weighted by Crippen LogP contribution is -2.14. The van der Waals surface area contributed by atoms with Gasteiger partial charge in [0.25, 0.3) is 0 Å². The second-order valence-electron chi connectivity index (χ2n) is 5.57. The van der Waals surface area contributed by atoms with Crippen molar-refractivity contribution in [2.75, 3.05) is 7.11 Å². The normalized spacial score (nSPS) is 16.1. The molecular formula is C16H22N4O. The molecular weight excluding hydrogens is 264 g/mol. The Labute approximate surface area is 125 Å². The van der Waals surface area contributed by atoms with Gasteiger partial charge in [0.15, 0.2) is 0 Å². The third kappa shape index (κ3) is 2.78. The minimum atomic E-state index is 0.446. The predicted molar refractivity (Wildman–Crippen MR) is 81.6 cm³/mol. The average molecular weight is 286 g/mol. The number of hydrogen-bond donors (Lipinski definition) is 1. The third-order valence-corrected chi connectivity index (χ3v) is 4.28. The summed E-state index contributed by atoms with van der Waals surface area (Å²) in [5, 5.41) is 8.62. The molecule has 2 N–H and O–H groups in total. The summed E-state index contributed by atoms with van der Waals surface area (Å²) in [5.74, 6) is 1.37. The van der Waals surface area contributed by atoms with Gasteiger partial charge in [-0.2, -0.15) is 0 Å². The Kier molecular flexibility index (Phi) is 4.20. The SMILES string of the molecule is COc1ccc(-n2nnc(CN)c2C2CCCCC2)cc1. The van der Waals surface area contributed by atoms with Crippen molar-refractivity contribution in [2.45, 2.75) is 44.6 Å². The van der Waals surface area contributed by atoms with Gasteiger partial charge in [-0.05, 0) is 37.1 Å². The highest BCUT2D eigenvalue weighted by atomic mass is 16.5. The summed E-state index contributed by atoms with van der Waals surface area (Å²) in [6.07, 6.45) is 6.30. The summed E-state index contributed by atoms with van der Waals surface area (Å²) in [6.45, 7) is 0.446. The van der Waals surface area contributed by atoms with Crippen LogP contribution < -0.4 is 10.5 Å². The number of hydrogen-bond acceptors (Lipinski definition) is 4. The van der Waals surface area contributed by atoms with Gasteiger partial charge in [0.1, 0.15) is 11.4 Å². The fraction of sp³-hybridized carbons (Fsp3) is 0.500. The van der Waals surface area contributed by atoms with Crippen molar-refractivity contribution in [3.05, 3.63) is 35.7 Å². The van der Waals surface area contributed by atoms with Gasteiger partial charge < -0.3 is 10.5 Å². The zero-order valence-electron chi connectivity index (χ0n) is 12.5. The molecule has 0 saturated heterocycles. The molecule has 112 valence electrons. The van der Waals surface area contributed by atoms with E-state index < -0.39 is 0 Å². The molecule has 1 fully saturated rings. The lowest BCUT2D eigenvalue weighted by Gasteiger charge is -2.23. The second kappa shape index (κ2) is 6.26. The monoisotopic (exact) mass is 286 g/mol. The first kappa shape index (κ1) is 14.1. The predicted octanol–water partition coefficient (Wildman–Crippen LogP) is 2.78. The molecule has 5 nitrogen and oxygen atoms in total. The molecule has 5 heteroatoms. The van der Waals surface area contributed by atoms with Crippen LogP contribution in [-0.2, 0) is 6.54 Å². The summed E-state index contributed by atoms with van der Waals surface area (Å²) >= 11 is 0. The van der Waals surface area contributed by atoms with E-state index >= 15 is 0 Å². The molecule has 21 heavy (non-hydrogen) atoms. The molecule has 0 bridgehead atoms. The Morgan fingerprint density at radius 3 is 2.52 bits per heavy atom. The molecule has 1 saturated carbocycles. The van der Waals surface area contributed by atoms with Gasteiger partial charge in [-0.1, -0.05) is 24.5 Å². The molecule has 0 aliphatic heterocycles. The molecule has 0 unspecified atom stereocenters. The van der Waals surface area contributed by atoms with Gasteiger partial charge in [0.2, 0.25) is 0 Å². The number of nitrogens with two attached hydrogens (primary N) is 1. The molecule has 0 radical (unpaired) electrons. The van der Waals surface area contributed by atoms with Crippen LogP contribution in [0.15, 0.2) is 24.3 Å². The van der Waals surface area contributed by atoms with Crippen molar-refractivity contribution in [3.8, 4) is 11.4 Å². The van der Waals surface area contributed by atoms with E-state index in [2.05, 4.69) is 10.3 Å². The molecule has 1 heterocycles. The van der Waals surface area contributed by atoms with E-state index in [9.17, 15) is 0 Å². The maximum absolute atomic E-state index is 5.86. The smallest absolute Gasteiger partial charge is 0.119 e. The molecule has 0 spiro atoms. The summed E-state index contributed by atoms with van der Waals surface area (Å²) in [4.78, 5) is 0. The van der Waals surface area contributed by atoms with Gasteiger partial charge in [0.05, 0.1) is 18.5 Å². The van der Waals surface area contributed by atoms with Gasteiger partial charge in [0, 0.05) is 12.5 Å². The van der Waals surface area contributed by atoms with Crippen LogP contribution >= 0.6 is 0 Å². The fourth-order valence-corrected chi connectivity index (χ4v) is 3.16. The van der Waals surface area contributed by atoms with Gasteiger partial charge >= 0.3 is 0 Å². The molecule has 3 rings (SSSR count). The standard InChI is InChI=1S/C16H22N4O/c1-21-14-9-7-13(8-10-14)20-16(15(11-17)18-19-20)12-5-3-2-4-6-12/h7-10,12H,2-6,11,17H2,1H3. The van der Waals surface area contributed by atoms with Crippen LogP contribution in [0.1, 0.15) is 49.4 Å². The van der Waals surface area contributed by atoms with E-state index in [1.165, 1.54) is 37.8 Å². The van der Waals surface area contributed by atoms with Crippen molar-refractivity contribution in [1.82, 2.24) is 15.0 Å². The highest BCUT2D eigenvalue weighted by molar-refractivity contribution is 5.39. The number of aromatic nitrogens is 3. The van der Waals surface area contributed by atoms with Crippen LogP contribution in [0.4, 0.5) is 0 Å². The summed E-state index contributed by atoms with van der Waals surface area (Å²) in [6, 6.07) is 7.92. The number of ether oxygens (including phenoxy) is 1. The van der Waals surface area contributed by atoms with Crippen LogP contribution in [0.5, 0.6) is 5.75 Å². The molecule has 2 aromatic rings. The molecule has 1 aromatic heterocycles. The van der Waals surface area contributed by atoms with E-state index in [0.29, 0.717) is 12.5 Å². The van der Waals surface area contributed by atoms with Crippen molar-refractivity contribution >= 4 is 0 Å². The van der Waals surface area contributed by atoms with Crippen LogP contribution in [0.2, 0.25) is 0 Å². The largest absolute Gasteiger partial charge is 0.497 e. The highest BCUT2D eigenvalue weighted by Crippen LogP contribution is 2.34. The Morgan fingerprint density at radius 2 is 1.90 bits per heavy atom. The molecule has 1 aliphatic rings. The van der Waals surface area contributed by atoms with E-state index in [1.807, 2.05) is 28.9 Å². The van der Waals surface area contributed by atoms with Crippen LogP contribution in [-0.4, -0.2) is 22.1 Å². The van der Waals surface area contributed by atoms with Crippen molar-refractivity contribution < 1.29 is 4.74 Å². The Hall–Kier alpha value is -1.88. The second-order valence-corrected chi connectivity index (χ2v) is 5.57. The van der Waals surface area contributed by atoms with Crippen molar-refractivity contribution in [3.63, 3.8) is 0 Å². The van der Waals surface area contributed by atoms with E-state index in [0.717, 1.165) is 17.1 Å². The van der Waals surface area contributed by atoms with E-state index in [-0.39, 0.29) is 0 Å². The first-order chi connectivity index (χ1) is 10.3. The minimum absolute atomic E-state index is 0.446. The maximum atomic E-state index is 5.86. The minimum Gasteiger partial charge on any atom is -0.497 e. The van der Waals surface area contributed by atoms with E-state index in [1.54, 1.807) is 7.11 Å². The number of methoxy groups -OCH3 is 1. The van der Waals surface area contributed by atoms with Gasteiger partial charge in [-0.3, -0.25) is 0 Å². The number of benzene rings is 1. The molecule has 0 amide bonds. The first-order valence-electron chi connectivity index (χ1n) is 7.62. The topological polar surface area (TPSA) is 66.0 Å². The molecule has 0 atom stereocenters. The number of rotatable bonds is 4. The van der Waals surface area contributed by atoms with Crippen molar-refractivity contribution in [2.24, 2.45) is 5.73 Å². The highest BCUT2D eigenvalue weighted by Gasteiger charge is 2.24. The first-order valence-corrected chi connectivity index (χ1v) is 7.62. The molecule has 1 aromatic carbocycles. The average Bonchev–Trinajstić information content (AvgIpc) is 2.99. The Bertz CT molecular complexity index is 585. The van der Waals surface area contributed by atoms with Crippen LogP contribution in [0.3, 0.4) is 0 Å².